The molecule has 1 heterocycles. The van der Waals surface area contributed by atoms with Crippen LogP contribution in [-0.2, 0) is 9.47 Å². The van der Waals surface area contributed by atoms with Crippen LogP contribution in [-0.4, -0.2) is 37.5 Å². The van der Waals surface area contributed by atoms with E-state index in [1.54, 1.807) is 0 Å². The molecule has 4 atom stereocenters. The Morgan fingerprint density at radius 3 is 2.68 bits per heavy atom. The van der Waals surface area contributed by atoms with Gasteiger partial charge in [0.2, 0.25) is 0 Å². The molecule has 1 saturated heterocycles. The van der Waals surface area contributed by atoms with Crippen LogP contribution in [0.2, 0.25) is 0 Å². The van der Waals surface area contributed by atoms with Crippen LogP contribution >= 0.6 is 0 Å². The van der Waals surface area contributed by atoms with E-state index in [0.717, 1.165) is 13.2 Å². The quantitative estimate of drug-likeness (QED) is 0.849. The van der Waals surface area contributed by atoms with Gasteiger partial charge in [0.1, 0.15) is 0 Å². The Kier molecular flexibility index (Phi) is 4.16. The van der Waals surface area contributed by atoms with Gasteiger partial charge in [-0.3, -0.25) is 0 Å². The summed E-state index contributed by atoms with van der Waals surface area (Å²) in [6, 6.07) is 1.23. The molecule has 0 radical (unpaired) electrons. The fourth-order valence-electron chi connectivity index (χ4n) is 4.51. The highest BCUT2D eigenvalue weighted by Crippen LogP contribution is 2.53. The molecule has 110 valence electrons. The van der Waals surface area contributed by atoms with Gasteiger partial charge in [0, 0.05) is 30.7 Å². The molecule has 3 rings (SSSR count). The van der Waals surface area contributed by atoms with E-state index in [2.05, 4.69) is 19.2 Å². The molecule has 2 aliphatic carbocycles. The largest absolute Gasteiger partial charge is 0.378 e. The van der Waals surface area contributed by atoms with Crippen LogP contribution < -0.4 is 5.32 Å². The Hall–Kier alpha value is -0.120. The van der Waals surface area contributed by atoms with Gasteiger partial charge in [0.25, 0.3) is 0 Å². The summed E-state index contributed by atoms with van der Waals surface area (Å²) in [6.45, 7) is 6.12. The smallest absolute Gasteiger partial charge is 0.0700 e. The summed E-state index contributed by atoms with van der Waals surface area (Å²) in [5.74, 6) is 0. The Labute approximate surface area is 117 Å². The minimum Gasteiger partial charge on any atom is -0.378 e. The van der Waals surface area contributed by atoms with Crippen molar-refractivity contribution in [2.24, 2.45) is 5.41 Å². The van der Waals surface area contributed by atoms with Crippen LogP contribution in [0.3, 0.4) is 0 Å². The average molecular weight is 267 g/mol. The normalized spacial score (nSPS) is 41.4. The van der Waals surface area contributed by atoms with Gasteiger partial charge >= 0.3 is 0 Å². The van der Waals surface area contributed by atoms with Crippen LogP contribution in [0.15, 0.2) is 0 Å². The van der Waals surface area contributed by atoms with Crippen LogP contribution in [0.1, 0.15) is 58.8 Å². The van der Waals surface area contributed by atoms with E-state index < -0.39 is 0 Å². The van der Waals surface area contributed by atoms with Crippen molar-refractivity contribution in [1.82, 2.24) is 5.32 Å². The molecule has 4 unspecified atom stereocenters. The average Bonchev–Trinajstić information content (AvgIpc) is 2.84. The number of hydrogen-bond acceptors (Lipinski definition) is 3. The summed E-state index contributed by atoms with van der Waals surface area (Å²) < 4.78 is 11.7. The molecular weight excluding hydrogens is 238 g/mol. The predicted octanol–water partition coefficient (Wildman–Crippen LogP) is 2.88. The van der Waals surface area contributed by atoms with Gasteiger partial charge in [-0.2, -0.15) is 0 Å². The molecule has 1 spiro atoms. The molecule has 1 aliphatic heterocycles. The second-order valence-electron chi connectivity index (χ2n) is 6.66. The van der Waals surface area contributed by atoms with Crippen molar-refractivity contribution in [1.29, 1.82) is 0 Å². The Bertz CT molecular complexity index is 301. The summed E-state index contributed by atoms with van der Waals surface area (Å²) in [7, 11) is 0. The summed E-state index contributed by atoms with van der Waals surface area (Å²) in [5.41, 5.74) is 0.441. The third-order valence-electron chi connectivity index (χ3n) is 5.73. The molecule has 3 aliphatic rings. The van der Waals surface area contributed by atoms with E-state index in [9.17, 15) is 0 Å². The molecule has 0 aromatic heterocycles. The second-order valence-corrected chi connectivity index (χ2v) is 6.66. The first-order chi connectivity index (χ1) is 9.26. The third-order valence-corrected chi connectivity index (χ3v) is 5.73. The minimum absolute atomic E-state index is 0.381. The zero-order valence-electron chi connectivity index (χ0n) is 12.5. The highest BCUT2D eigenvalue weighted by atomic mass is 16.5. The first-order valence-corrected chi connectivity index (χ1v) is 8.25. The van der Waals surface area contributed by atoms with Crippen LogP contribution in [0, 0.1) is 5.41 Å². The molecule has 0 aromatic rings. The molecule has 19 heavy (non-hydrogen) atoms. The maximum absolute atomic E-state index is 6.02. The minimum atomic E-state index is 0.381. The van der Waals surface area contributed by atoms with Crippen LogP contribution in [0.25, 0.3) is 0 Å². The first-order valence-electron chi connectivity index (χ1n) is 8.25. The van der Waals surface area contributed by atoms with Crippen LogP contribution in [0.5, 0.6) is 0 Å². The highest BCUT2D eigenvalue weighted by molar-refractivity contribution is 5.10. The number of rotatable bonds is 4. The highest BCUT2D eigenvalue weighted by Gasteiger charge is 2.56. The van der Waals surface area contributed by atoms with Gasteiger partial charge < -0.3 is 14.8 Å². The van der Waals surface area contributed by atoms with Crippen molar-refractivity contribution in [2.45, 2.75) is 83.1 Å². The van der Waals surface area contributed by atoms with E-state index in [-0.39, 0.29) is 0 Å². The van der Waals surface area contributed by atoms with Gasteiger partial charge in [-0.15, -0.1) is 0 Å². The topological polar surface area (TPSA) is 30.5 Å². The van der Waals surface area contributed by atoms with Crippen molar-refractivity contribution in [3.8, 4) is 0 Å². The van der Waals surface area contributed by atoms with Gasteiger partial charge in [-0.1, -0.05) is 19.3 Å². The van der Waals surface area contributed by atoms with Gasteiger partial charge in [0.05, 0.1) is 12.2 Å². The van der Waals surface area contributed by atoms with E-state index in [4.69, 9.17) is 9.47 Å². The van der Waals surface area contributed by atoms with Crippen molar-refractivity contribution < 1.29 is 9.47 Å². The predicted molar refractivity (Wildman–Crippen MR) is 76.3 cm³/mol. The van der Waals surface area contributed by atoms with E-state index >= 15 is 0 Å². The Balaban J connectivity index is 1.64. The molecule has 1 N–H and O–H groups in total. The Morgan fingerprint density at radius 1 is 1.26 bits per heavy atom. The maximum atomic E-state index is 6.02. The van der Waals surface area contributed by atoms with Gasteiger partial charge in [-0.25, -0.2) is 0 Å². The number of nitrogens with one attached hydrogen (secondary N) is 1. The summed E-state index contributed by atoms with van der Waals surface area (Å²) >= 11 is 0. The second kappa shape index (κ2) is 5.71. The summed E-state index contributed by atoms with van der Waals surface area (Å²) in [6.07, 6.45) is 10.2. The molecule has 3 fully saturated rings. The zero-order valence-corrected chi connectivity index (χ0v) is 12.5. The Morgan fingerprint density at radius 2 is 2.05 bits per heavy atom. The number of hydrogen-bond donors (Lipinski definition) is 1. The van der Waals surface area contributed by atoms with Crippen molar-refractivity contribution in [3.63, 3.8) is 0 Å². The van der Waals surface area contributed by atoms with Crippen molar-refractivity contribution in [3.05, 3.63) is 0 Å². The molecule has 2 saturated carbocycles. The van der Waals surface area contributed by atoms with Crippen molar-refractivity contribution >= 4 is 0 Å². The SMILES string of the molecule is CCOC1CC(NC2CCOC2C)C12CCCCC2. The van der Waals surface area contributed by atoms with E-state index in [1.807, 2.05) is 0 Å². The van der Waals surface area contributed by atoms with Gasteiger partial charge in [-0.05, 0) is 39.5 Å². The lowest BCUT2D eigenvalue weighted by Crippen LogP contribution is -2.66. The third kappa shape index (κ3) is 2.45. The lowest BCUT2D eigenvalue weighted by atomic mass is 9.55. The standard InChI is InChI=1S/C16H29NO2/c1-3-18-15-11-14(16(15)8-5-4-6-9-16)17-13-7-10-19-12(13)2/h12-15,17H,3-11H2,1-2H3. The number of ether oxygens (including phenoxy) is 2. The van der Waals surface area contributed by atoms with Crippen LogP contribution in [0.4, 0.5) is 0 Å². The molecule has 0 amide bonds. The molecule has 0 aromatic carbocycles. The molecule has 3 heteroatoms. The fraction of sp³-hybridized carbons (Fsp3) is 1.00. The van der Waals surface area contributed by atoms with Crippen molar-refractivity contribution in [2.75, 3.05) is 13.2 Å². The first kappa shape index (κ1) is 13.8. The van der Waals surface area contributed by atoms with E-state index in [1.165, 1.54) is 44.9 Å². The molecule has 3 nitrogen and oxygen atoms in total. The summed E-state index contributed by atoms with van der Waals surface area (Å²) in [4.78, 5) is 0. The lowest BCUT2D eigenvalue weighted by molar-refractivity contribution is -0.153. The lowest BCUT2D eigenvalue weighted by Gasteiger charge is -2.58. The van der Waals surface area contributed by atoms with Gasteiger partial charge in [0.15, 0.2) is 0 Å². The summed E-state index contributed by atoms with van der Waals surface area (Å²) in [5, 5.41) is 3.91. The molecular formula is C16H29NO2. The molecule has 0 bridgehead atoms. The monoisotopic (exact) mass is 267 g/mol. The fourth-order valence-corrected chi connectivity index (χ4v) is 4.51. The zero-order chi connectivity index (χ0) is 13.3. The van der Waals surface area contributed by atoms with E-state index in [0.29, 0.717) is 29.7 Å². The maximum Gasteiger partial charge on any atom is 0.0700 e.